The molecule has 0 bridgehead atoms. The maximum atomic E-state index is 3.50. The number of fused-ring (bicyclic) bond motifs is 5. The van der Waals surface area contributed by atoms with Crippen LogP contribution in [0.2, 0.25) is 0 Å². The lowest BCUT2D eigenvalue weighted by Gasteiger charge is -2.10. The highest BCUT2D eigenvalue weighted by molar-refractivity contribution is 6.18. The number of benzene rings is 4. The monoisotopic (exact) mass is 348 g/mol. The number of hydrogen-bond donors (Lipinski definition) is 0. The number of nitrogens with one attached hydrogen (secondary N) is 1. The molecular formula is C26H22N+. The molecule has 1 heterocycles. The summed E-state index contributed by atoms with van der Waals surface area (Å²) in [5.74, 6) is 0. The smallest absolute Gasteiger partial charge is 0.211 e. The van der Waals surface area contributed by atoms with Crippen molar-refractivity contribution in [3.63, 3.8) is 0 Å². The molecule has 0 aliphatic heterocycles. The molecule has 0 saturated heterocycles. The van der Waals surface area contributed by atoms with E-state index in [2.05, 4.69) is 98.7 Å². The van der Waals surface area contributed by atoms with Gasteiger partial charge >= 0.3 is 0 Å². The average molecular weight is 348 g/mol. The van der Waals surface area contributed by atoms with Crippen molar-refractivity contribution in [2.75, 3.05) is 0 Å². The van der Waals surface area contributed by atoms with Crippen LogP contribution in [0.1, 0.15) is 16.7 Å². The lowest BCUT2D eigenvalue weighted by atomic mass is 9.93. The number of aromatic nitrogens is 1. The molecular weight excluding hydrogens is 326 g/mol. The van der Waals surface area contributed by atoms with Gasteiger partial charge in [0.1, 0.15) is 0 Å². The maximum Gasteiger partial charge on any atom is 0.218 e. The van der Waals surface area contributed by atoms with Gasteiger partial charge in [0.15, 0.2) is 6.20 Å². The number of aromatic amines is 1. The minimum absolute atomic E-state index is 1.19. The average Bonchev–Trinajstić information content (AvgIpc) is 2.70. The van der Waals surface area contributed by atoms with Gasteiger partial charge in [0.25, 0.3) is 0 Å². The first-order valence-corrected chi connectivity index (χ1v) is 9.46. The summed E-state index contributed by atoms with van der Waals surface area (Å²) >= 11 is 0. The normalized spacial score (nSPS) is 11.5. The largest absolute Gasteiger partial charge is 0.218 e. The van der Waals surface area contributed by atoms with Crippen molar-refractivity contribution in [3.05, 3.63) is 89.6 Å². The number of H-pyrrole nitrogens is 1. The van der Waals surface area contributed by atoms with Crippen LogP contribution in [0.25, 0.3) is 43.6 Å². The Hall–Kier alpha value is -3.19. The molecule has 0 aliphatic rings. The highest BCUT2D eigenvalue weighted by Gasteiger charge is 2.15. The fraction of sp³-hybridized carbons (Fsp3) is 0.115. The third-order valence-electron chi connectivity index (χ3n) is 5.93. The quantitative estimate of drug-likeness (QED) is 0.305. The van der Waals surface area contributed by atoms with E-state index < -0.39 is 0 Å². The summed E-state index contributed by atoms with van der Waals surface area (Å²) in [5.41, 5.74) is 6.48. The fourth-order valence-corrected chi connectivity index (χ4v) is 4.21. The van der Waals surface area contributed by atoms with Crippen LogP contribution in [-0.2, 0) is 0 Å². The Labute approximate surface area is 159 Å². The molecule has 1 aromatic heterocycles. The third-order valence-corrected chi connectivity index (χ3v) is 5.93. The standard InChI is InChI=1S/C26H21N/c1-16-14-20(15-17(2)18(16)3)26-25-11-10-22-21-7-5-4-6-19(21)8-9-23(22)24(25)12-13-27-26/h4-15H,1-3H3/p+1. The third kappa shape index (κ3) is 2.43. The van der Waals surface area contributed by atoms with Crippen molar-refractivity contribution in [1.29, 1.82) is 0 Å². The van der Waals surface area contributed by atoms with Crippen molar-refractivity contribution in [2.45, 2.75) is 20.8 Å². The molecule has 1 N–H and O–H groups in total. The van der Waals surface area contributed by atoms with Gasteiger partial charge in [-0.3, -0.25) is 0 Å². The van der Waals surface area contributed by atoms with E-state index in [4.69, 9.17) is 0 Å². The van der Waals surface area contributed by atoms with Crippen LogP contribution in [0.3, 0.4) is 0 Å². The molecule has 1 nitrogen and oxygen atoms in total. The highest BCUT2D eigenvalue weighted by atomic mass is 14.7. The molecule has 0 aliphatic carbocycles. The summed E-state index contributed by atoms with van der Waals surface area (Å²) in [7, 11) is 0. The molecule has 0 saturated carbocycles. The van der Waals surface area contributed by atoms with Gasteiger partial charge in [0.2, 0.25) is 5.69 Å². The van der Waals surface area contributed by atoms with Crippen LogP contribution in [0.5, 0.6) is 0 Å². The first-order chi connectivity index (χ1) is 13.1. The molecule has 0 spiro atoms. The van der Waals surface area contributed by atoms with Crippen LogP contribution in [0.4, 0.5) is 0 Å². The van der Waals surface area contributed by atoms with Gasteiger partial charge < -0.3 is 0 Å². The van der Waals surface area contributed by atoms with Crippen molar-refractivity contribution in [3.8, 4) is 11.3 Å². The predicted octanol–water partition coefficient (Wildman–Crippen LogP) is 6.55. The molecule has 0 fully saturated rings. The first kappa shape index (κ1) is 16.0. The molecule has 4 aromatic carbocycles. The summed E-state index contributed by atoms with van der Waals surface area (Å²) < 4.78 is 0. The minimum atomic E-state index is 1.19. The lowest BCUT2D eigenvalue weighted by Crippen LogP contribution is -2.07. The second-order valence-corrected chi connectivity index (χ2v) is 7.50. The van der Waals surface area contributed by atoms with E-state index in [-0.39, 0.29) is 0 Å². The molecule has 0 unspecified atom stereocenters. The minimum Gasteiger partial charge on any atom is -0.211 e. The zero-order chi connectivity index (χ0) is 18.5. The summed E-state index contributed by atoms with van der Waals surface area (Å²) in [6, 6.07) is 24.4. The van der Waals surface area contributed by atoms with E-state index in [0.29, 0.717) is 0 Å². The fourth-order valence-electron chi connectivity index (χ4n) is 4.21. The van der Waals surface area contributed by atoms with Crippen LogP contribution in [0, 0.1) is 20.8 Å². The molecule has 0 radical (unpaired) electrons. The van der Waals surface area contributed by atoms with Gasteiger partial charge in [-0.25, -0.2) is 4.98 Å². The molecule has 27 heavy (non-hydrogen) atoms. The molecule has 5 rings (SSSR count). The second-order valence-electron chi connectivity index (χ2n) is 7.50. The Kier molecular flexibility index (Phi) is 3.51. The Morgan fingerprint density at radius 2 is 1.22 bits per heavy atom. The van der Waals surface area contributed by atoms with Crippen LogP contribution >= 0.6 is 0 Å². The Balaban J connectivity index is 1.86. The Bertz CT molecular complexity index is 1320. The summed E-state index contributed by atoms with van der Waals surface area (Å²) in [5, 5.41) is 7.78. The van der Waals surface area contributed by atoms with Gasteiger partial charge in [-0.15, -0.1) is 0 Å². The zero-order valence-corrected chi connectivity index (χ0v) is 15.9. The van der Waals surface area contributed by atoms with Crippen LogP contribution in [0.15, 0.2) is 72.9 Å². The van der Waals surface area contributed by atoms with Crippen LogP contribution in [-0.4, -0.2) is 0 Å². The van der Waals surface area contributed by atoms with Gasteiger partial charge in [0.05, 0.1) is 5.39 Å². The van der Waals surface area contributed by atoms with Crippen molar-refractivity contribution in [2.24, 2.45) is 0 Å². The summed E-state index contributed by atoms with van der Waals surface area (Å²) in [6.07, 6.45) is 2.07. The van der Waals surface area contributed by atoms with E-state index in [1.54, 1.807) is 0 Å². The Morgan fingerprint density at radius 1 is 0.593 bits per heavy atom. The van der Waals surface area contributed by atoms with E-state index >= 15 is 0 Å². The molecule has 130 valence electrons. The number of hydrogen-bond acceptors (Lipinski definition) is 0. The van der Waals surface area contributed by atoms with Gasteiger partial charge in [-0.05, 0) is 77.2 Å². The van der Waals surface area contributed by atoms with E-state index in [9.17, 15) is 0 Å². The number of aryl methyl sites for hydroxylation is 2. The van der Waals surface area contributed by atoms with E-state index in [1.165, 1.54) is 60.3 Å². The topological polar surface area (TPSA) is 14.1 Å². The number of rotatable bonds is 1. The number of pyridine rings is 1. The van der Waals surface area contributed by atoms with Crippen LogP contribution < -0.4 is 4.98 Å². The summed E-state index contributed by atoms with van der Waals surface area (Å²) in [4.78, 5) is 3.50. The predicted molar refractivity (Wildman–Crippen MR) is 115 cm³/mol. The molecule has 0 amide bonds. The van der Waals surface area contributed by atoms with Crippen molar-refractivity contribution >= 4 is 32.3 Å². The van der Waals surface area contributed by atoms with Crippen molar-refractivity contribution in [1.82, 2.24) is 0 Å². The van der Waals surface area contributed by atoms with E-state index in [1.807, 2.05) is 0 Å². The molecule has 0 atom stereocenters. The maximum absolute atomic E-state index is 3.50. The van der Waals surface area contributed by atoms with E-state index in [0.717, 1.165) is 0 Å². The second kappa shape index (κ2) is 5.92. The molecule has 1 heteroatoms. The first-order valence-electron chi connectivity index (χ1n) is 9.46. The highest BCUT2D eigenvalue weighted by Crippen LogP contribution is 2.34. The Morgan fingerprint density at radius 3 is 2.04 bits per heavy atom. The van der Waals surface area contributed by atoms with Crippen molar-refractivity contribution < 1.29 is 4.98 Å². The lowest BCUT2D eigenvalue weighted by molar-refractivity contribution is -0.362. The van der Waals surface area contributed by atoms with Gasteiger partial charge in [0, 0.05) is 17.0 Å². The molecule has 5 aromatic rings. The van der Waals surface area contributed by atoms with Gasteiger partial charge in [-0.2, -0.15) is 0 Å². The zero-order valence-electron chi connectivity index (χ0n) is 15.9. The van der Waals surface area contributed by atoms with Gasteiger partial charge in [-0.1, -0.05) is 42.5 Å². The SMILES string of the molecule is Cc1cc(-c2[nH+]ccc3c2ccc2c4ccccc4ccc32)cc(C)c1C. The summed E-state index contributed by atoms with van der Waals surface area (Å²) in [6.45, 7) is 6.58.